The van der Waals surface area contributed by atoms with E-state index in [0.29, 0.717) is 19.5 Å². The third-order valence-corrected chi connectivity index (χ3v) is 5.12. The van der Waals surface area contributed by atoms with Crippen LogP contribution < -0.4 is 10.1 Å². The number of amides is 1. The van der Waals surface area contributed by atoms with E-state index in [2.05, 4.69) is 5.32 Å². The van der Waals surface area contributed by atoms with Crippen molar-refractivity contribution in [2.75, 3.05) is 26.5 Å². The molecule has 22 heavy (non-hydrogen) atoms. The number of nitrogens with one attached hydrogen (secondary N) is 1. The molecule has 1 aromatic carbocycles. The maximum absolute atomic E-state index is 12.2. The van der Waals surface area contributed by atoms with Gasteiger partial charge >= 0.3 is 0 Å². The molecular weight excluding hydrogens is 304 g/mol. The van der Waals surface area contributed by atoms with Crippen LogP contribution in [0.4, 0.5) is 0 Å². The van der Waals surface area contributed by atoms with Gasteiger partial charge in [-0.25, -0.2) is 12.7 Å². The smallest absolute Gasteiger partial charge is 0.224 e. The first-order valence-corrected chi connectivity index (χ1v) is 9.11. The maximum Gasteiger partial charge on any atom is 0.224 e. The van der Waals surface area contributed by atoms with Crippen molar-refractivity contribution in [2.45, 2.75) is 19.4 Å². The van der Waals surface area contributed by atoms with Gasteiger partial charge in [0.15, 0.2) is 0 Å². The summed E-state index contributed by atoms with van der Waals surface area (Å²) in [5.74, 6) is 0.400. The molecule has 1 heterocycles. The van der Waals surface area contributed by atoms with Gasteiger partial charge in [0.25, 0.3) is 0 Å². The molecule has 1 N–H and O–H groups in total. The first-order chi connectivity index (χ1) is 10.4. The maximum atomic E-state index is 12.2. The summed E-state index contributed by atoms with van der Waals surface area (Å²) in [5.41, 5.74) is 0.977. The van der Waals surface area contributed by atoms with Crippen molar-refractivity contribution in [3.8, 4) is 5.75 Å². The zero-order valence-corrected chi connectivity index (χ0v) is 13.7. The predicted molar refractivity (Wildman–Crippen MR) is 84.0 cm³/mol. The predicted octanol–water partition coefficient (Wildman–Crippen LogP) is 0.983. The zero-order valence-electron chi connectivity index (χ0n) is 12.9. The lowest BCUT2D eigenvalue weighted by molar-refractivity contribution is -0.126. The van der Waals surface area contributed by atoms with E-state index in [4.69, 9.17) is 4.74 Å². The first kappa shape index (κ1) is 16.8. The van der Waals surface area contributed by atoms with Gasteiger partial charge in [-0.15, -0.1) is 0 Å². The van der Waals surface area contributed by atoms with Crippen molar-refractivity contribution < 1.29 is 17.9 Å². The largest absolute Gasteiger partial charge is 0.497 e. The van der Waals surface area contributed by atoms with E-state index >= 15 is 0 Å². The molecule has 1 aliphatic heterocycles. The van der Waals surface area contributed by atoms with Crippen LogP contribution in [0.15, 0.2) is 24.3 Å². The second-order valence-electron chi connectivity index (χ2n) is 5.53. The Hall–Kier alpha value is -1.60. The molecule has 0 saturated carbocycles. The summed E-state index contributed by atoms with van der Waals surface area (Å²) in [6, 6.07) is 7.46. The molecular formula is C15H22N2O4S. The van der Waals surface area contributed by atoms with Crippen LogP contribution in [0.2, 0.25) is 0 Å². The van der Waals surface area contributed by atoms with Gasteiger partial charge in [-0.2, -0.15) is 0 Å². The van der Waals surface area contributed by atoms with E-state index in [1.54, 1.807) is 7.11 Å². The lowest BCUT2D eigenvalue weighted by Gasteiger charge is -2.30. The van der Waals surface area contributed by atoms with Crippen molar-refractivity contribution in [3.05, 3.63) is 29.8 Å². The molecule has 1 amide bonds. The lowest BCUT2D eigenvalue weighted by Crippen LogP contribution is -2.44. The van der Waals surface area contributed by atoms with Gasteiger partial charge in [0.1, 0.15) is 5.75 Å². The highest BCUT2D eigenvalue weighted by Crippen LogP contribution is 2.19. The minimum Gasteiger partial charge on any atom is -0.497 e. The van der Waals surface area contributed by atoms with Gasteiger partial charge in [-0.05, 0) is 30.5 Å². The molecule has 1 atom stereocenters. The van der Waals surface area contributed by atoms with Gasteiger partial charge in [0.2, 0.25) is 15.9 Å². The molecule has 0 unspecified atom stereocenters. The summed E-state index contributed by atoms with van der Waals surface area (Å²) < 4.78 is 29.6. The molecule has 7 heteroatoms. The number of methoxy groups -OCH3 is 1. The van der Waals surface area contributed by atoms with Crippen LogP contribution in [-0.2, 0) is 21.4 Å². The Morgan fingerprint density at radius 2 is 2.05 bits per heavy atom. The monoisotopic (exact) mass is 326 g/mol. The van der Waals surface area contributed by atoms with Crippen molar-refractivity contribution in [2.24, 2.45) is 5.92 Å². The van der Waals surface area contributed by atoms with Crippen LogP contribution in [0.25, 0.3) is 0 Å². The molecule has 0 aliphatic carbocycles. The summed E-state index contributed by atoms with van der Waals surface area (Å²) >= 11 is 0. The highest BCUT2D eigenvalue weighted by Gasteiger charge is 2.29. The van der Waals surface area contributed by atoms with E-state index in [1.165, 1.54) is 10.6 Å². The zero-order chi connectivity index (χ0) is 16.2. The molecule has 1 saturated heterocycles. The normalized spacial score (nSPS) is 19.6. The average Bonchev–Trinajstić information content (AvgIpc) is 2.52. The molecule has 1 aliphatic rings. The molecule has 122 valence electrons. The van der Waals surface area contributed by atoms with Crippen LogP contribution in [0.5, 0.6) is 5.75 Å². The van der Waals surface area contributed by atoms with Gasteiger partial charge in [-0.3, -0.25) is 4.79 Å². The SMILES string of the molecule is COc1ccc(CNC(=O)[C@@H]2CCCN(S(C)(=O)=O)C2)cc1. The summed E-state index contributed by atoms with van der Waals surface area (Å²) in [5, 5.41) is 2.88. The number of sulfonamides is 1. The fraction of sp³-hybridized carbons (Fsp3) is 0.533. The Bertz CT molecular complexity index is 613. The number of hydrogen-bond donors (Lipinski definition) is 1. The van der Waals surface area contributed by atoms with Gasteiger partial charge in [0, 0.05) is 19.6 Å². The molecule has 0 spiro atoms. The minimum absolute atomic E-state index is 0.0934. The quantitative estimate of drug-likeness (QED) is 0.875. The fourth-order valence-corrected chi connectivity index (χ4v) is 3.45. The third kappa shape index (κ3) is 4.45. The molecule has 6 nitrogen and oxygen atoms in total. The number of carbonyl (C=O) groups is 1. The van der Waals surface area contributed by atoms with E-state index < -0.39 is 10.0 Å². The van der Waals surface area contributed by atoms with Gasteiger partial charge in [-0.1, -0.05) is 12.1 Å². The van der Waals surface area contributed by atoms with Gasteiger partial charge < -0.3 is 10.1 Å². The third-order valence-electron chi connectivity index (χ3n) is 3.85. The molecule has 1 aromatic rings. The second kappa shape index (κ2) is 7.11. The van der Waals surface area contributed by atoms with Crippen LogP contribution in [0.3, 0.4) is 0 Å². The number of nitrogens with zero attached hydrogens (tertiary/aromatic N) is 1. The Labute approximate surface area is 131 Å². The van der Waals surface area contributed by atoms with E-state index in [1.807, 2.05) is 24.3 Å². The Kier molecular flexibility index (Phi) is 5.42. The van der Waals surface area contributed by atoms with Gasteiger partial charge in [0.05, 0.1) is 19.3 Å². The highest BCUT2D eigenvalue weighted by molar-refractivity contribution is 7.88. The highest BCUT2D eigenvalue weighted by atomic mass is 32.2. The van der Waals surface area contributed by atoms with E-state index in [0.717, 1.165) is 17.7 Å². The number of piperidine rings is 1. The van der Waals surface area contributed by atoms with E-state index in [9.17, 15) is 13.2 Å². The van der Waals surface area contributed by atoms with Crippen LogP contribution in [0.1, 0.15) is 18.4 Å². The number of benzene rings is 1. The number of carbonyl (C=O) groups excluding carboxylic acids is 1. The molecule has 0 bridgehead atoms. The second-order valence-corrected chi connectivity index (χ2v) is 7.51. The molecule has 0 aromatic heterocycles. The fourth-order valence-electron chi connectivity index (χ4n) is 2.53. The summed E-state index contributed by atoms with van der Waals surface area (Å²) in [6.07, 6.45) is 2.62. The van der Waals surface area contributed by atoms with Crippen molar-refractivity contribution in [1.82, 2.24) is 9.62 Å². The first-order valence-electron chi connectivity index (χ1n) is 7.26. The molecule has 1 fully saturated rings. The Morgan fingerprint density at radius 3 is 2.64 bits per heavy atom. The number of rotatable bonds is 5. The Morgan fingerprint density at radius 1 is 1.36 bits per heavy atom. The standard InChI is InChI=1S/C15H22N2O4S/c1-21-14-7-5-12(6-8-14)10-16-15(18)13-4-3-9-17(11-13)22(2,19)20/h5-8,13H,3-4,9-11H2,1-2H3,(H,16,18)/t13-/m1/s1. The summed E-state index contributed by atoms with van der Waals surface area (Å²) in [6.45, 7) is 1.20. The lowest BCUT2D eigenvalue weighted by atomic mass is 9.99. The number of hydrogen-bond acceptors (Lipinski definition) is 4. The van der Waals surface area contributed by atoms with Crippen LogP contribution >= 0.6 is 0 Å². The number of ether oxygens (including phenoxy) is 1. The molecule has 0 radical (unpaired) electrons. The van der Waals surface area contributed by atoms with Crippen LogP contribution in [0, 0.1) is 5.92 Å². The van der Waals surface area contributed by atoms with Crippen LogP contribution in [-0.4, -0.2) is 45.1 Å². The minimum atomic E-state index is -3.23. The summed E-state index contributed by atoms with van der Waals surface area (Å²) in [4.78, 5) is 12.2. The average molecular weight is 326 g/mol. The van der Waals surface area contributed by atoms with E-state index in [-0.39, 0.29) is 18.4 Å². The van der Waals surface area contributed by atoms with Crippen molar-refractivity contribution in [1.29, 1.82) is 0 Å². The van der Waals surface area contributed by atoms with Crippen molar-refractivity contribution in [3.63, 3.8) is 0 Å². The summed E-state index contributed by atoms with van der Waals surface area (Å²) in [7, 11) is -1.62. The van der Waals surface area contributed by atoms with Crippen molar-refractivity contribution >= 4 is 15.9 Å². The Balaban J connectivity index is 1.88. The topological polar surface area (TPSA) is 75.7 Å². The molecule has 2 rings (SSSR count).